The van der Waals surface area contributed by atoms with Crippen LogP contribution in [0.4, 0.5) is 0 Å². The quantitative estimate of drug-likeness (QED) is 0.584. The van der Waals surface area contributed by atoms with Gasteiger partial charge >= 0.3 is 5.97 Å². The third kappa shape index (κ3) is 4.86. The topological polar surface area (TPSA) is 100 Å². The van der Waals surface area contributed by atoms with Crippen molar-refractivity contribution >= 4 is 23.9 Å². The van der Waals surface area contributed by atoms with Crippen LogP contribution < -0.4 is 15.2 Å². The number of rotatable bonds is 6. The summed E-state index contributed by atoms with van der Waals surface area (Å²) in [4.78, 5) is 27.5. The maximum atomic E-state index is 12.3. The number of amides is 1. The van der Waals surface area contributed by atoms with E-state index < -0.39 is 11.9 Å². The van der Waals surface area contributed by atoms with Gasteiger partial charge in [-0.3, -0.25) is 4.79 Å². The second-order valence-electron chi connectivity index (χ2n) is 7.83. The summed E-state index contributed by atoms with van der Waals surface area (Å²) >= 11 is 0. The molecule has 0 bridgehead atoms. The SMILES string of the molecule is COc1cc(/C=C2\N=C(c3ccc(C(C)(C)C)cc3)OC2=O)ccc1OCC(N)=O. The number of carbonyl (C=O) groups excluding carboxylic acids is 2. The number of hydrogen-bond acceptors (Lipinski definition) is 6. The monoisotopic (exact) mass is 408 g/mol. The average Bonchev–Trinajstić information content (AvgIpc) is 3.06. The molecule has 3 rings (SSSR count). The van der Waals surface area contributed by atoms with E-state index in [4.69, 9.17) is 19.9 Å². The zero-order chi connectivity index (χ0) is 21.9. The molecule has 1 amide bonds. The molecule has 0 fully saturated rings. The van der Waals surface area contributed by atoms with Gasteiger partial charge in [-0.15, -0.1) is 0 Å². The van der Waals surface area contributed by atoms with E-state index in [2.05, 4.69) is 25.8 Å². The van der Waals surface area contributed by atoms with Crippen LogP contribution in [0.1, 0.15) is 37.5 Å². The minimum absolute atomic E-state index is 0.0319. The molecule has 156 valence electrons. The molecule has 30 heavy (non-hydrogen) atoms. The molecule has 2 aromatic rings. The van der Waals surface area contributed by atoms with Gasteiger partial charge < -0.3 is 19.9 Å². The Morgan fingerprint density at radius 2 is 1.83 bits per heavy atom. The highest BCUT2D eigenvalue weighted by molar-refractivity contribution is 6.12. The lowest BCUT2D eigenvalue weighted by atomic mass is 9.87. The fourth-order valence-corrected chi connectivity index (χ4v) is 2.85. The van der Waals surface area contributed by atoms with Crippen LogP contribution in [0.5, 0.6) is 11.5 Å². The summed E-state index contributed by atoms with van der Waals surface area (Å²) in [7, 11) is 1.48. The number of benzene rings is 2. The molecule has 0 aliphatic carbocycles. The van der Waals surface area contributed by atoms with E-state index >= 15 is 0 Å². The van der Waals surface area contributed by atoms with Gasteiger partial charge in [0.1, 0.15) is 0 Å². The Balaban J connectivity index is 1.84. The van der Waals surface area contributed by atoms with E-state index in [1.807, 2.05) is 24.3 Å². The summed E-state index contributed by atoms with van der Waals surface area (Å²) in [5, 5.41) is 0. The van der Waals surface area contributed by atoms with Crippen LogP contribution in [0.2, 0.25) is 0 Å². The molecule has 0 radical (unpaired) electrons. The normalized spacial score (nSPS) is 15.0. The number of cyclic esters (lactones) is 1. The number of ether oxygens (including phenoxy) is 3. The number of nitrogens with two attached hydrogens (primary N) is 1. The highest BCUT2D eigenvalue weighted by Crippen LogP contribution is 2.30. The van der Waals surface area contributed by atoms with E-state index in [0.29, 0.717) is 17.1 Å². The van der Waals surface area contributed by atoms with Crippen molar-refractivity contribution in [2.45, 2.75) is 26.2 Å². The number of esters is 1. The van der Waals surface area contributed by atoms with Gasteiger partial charge in [0.25, 0.3) is 5.91 Å². The number of methoxy groups -OCH3 is 1. The molecule has 7 nitrogen and oxygen atoms in total. The number of nitrogens with zero attached hydrogens (tertiary/aromatic N) is 1. The average molecular weight is 408 g/mol. The van der Waals surface area contributed by atoms with Gasteiger partial charge in [0.2, 0.25) is 5.90 Å². The van der Waals surface area contributed by atoms with Crippen molar-refractivity contribution in [3.63, 3.8) is 0 Å². The number of aliphatic imine (C=N–C) groups is 1. The van der Waals surface area contributed by atoms with Gasteiger partial charge in [-0.1, -0.05) is 39.0 Å². The van der Waals surface area contributed by atoms with E-state index in [0.717, 1.165) is 5.56 Å². The summed E-state index contributed by atoms with van der Waals surface area (Å²) in [6.45, 7) is 6.14. The smallest absolute Gasteiger partial charge is 0.363 e. The molecule has 0 saturated heterocycles. The predicted molar refractivity (Wildman–Crippen MR) is 113 cm³/mol. The lowest BCUT2D eigenvalue weighted by Crippen LogP contribution is -2.20. The molecule has 2 aromatic carbocycles. The molecule has 0 saturated carbocycles. The van der Waals surface area contributed by atoms with Crippen LogP contribution >= 0.6 is 0 Å². The molecule has 0 unspecified atom stereocenters. The first-order chi connectivity index (χ1) is 14.2. The fourth-order valence-electron chi connectivity index (χ4n) is 2.85. The van der Waals surface area contributed by atoms with Crippen LogP contribution in [0.3, 0.4) is 0 Å². The van der Waals surface area contributed by atoms with Gasteiger partial charge in [-0.25, -0.2) is 9.79 Å². The van der Waals surface area contributed by atoms with Crippen molar-refractivity contribution in [3.05, 3.63) is 64.9 Å². The Morgan fingerprint density at radius 3 is 2.43 bits per heavy atom. The first-order valence-corrected chi connectivity index (χ1v) is 9.40. The van der Waals surface area contributed by atoms with Gasteiger partial charge in [0.15, 0.2) is 23.8 Å². The van der Waals surface area contributed by atoms with Gasteiger partial charge in [-0.05, 0) is 46.9 Å². The van der Waals surface area contributed by atoms with Crippen molar-refractivity contribution < 1.29 is 23.8 Å². The molecule has 1 aliphatic rings. The van der Waals surface area contributed by atoms with Crippen molar-refractivity contribution in [1.82, 2.24) is 0 Å². The van der Waals surface area contributed by atoms with Gasteiger partial charge in [0, 0.05) is 5.56 Å². The number of hydrogen-bond donors (Lipinski definition) is 1. The lowest BCUT2D eigenvalue weighted by Gasteiger charge is -2.18. The first kappa shape index (κ1) is 21.1. The third-order valence-corrected chi connectivity index (χ3v) is 4.48. The van der Waals surface area contributed by atoms with Crippen molar-refractivity contribution in [3.8, 4) is 11.5 Å². The second-order valence-corrected chi connectivity index (χ2v) is 7.83. The third-order valence-electron chi connectivity index (χ3n) is 4.48. The predicted octanol–water partition coefficient (Wildman–Crippen LogP) is 3.20. The maximum absolute atomic E-state index is 12.3. The zero-order valence-electron chi connectivity index (χ0n) is 17.4. The summed E-state index contributed by atoms with van der Waals surface area (Å²) in [5.41, 5.74) is 7.88. The summed E-state index contributed by atoms with van der Waals surface area (Å²) in [6.07, 6.45) is 1.60. The molecule has 0 aromatic heterocycles. The summed E-state index contributed by atoms with van der Waals surface area (Å²) in [5.74, 6) is -0.0816. The van der Waals surface area contributed by atoms with Crippen LogP contribution in [-0.2, 0) is 19.7 Å². The van der Waals surface area contributed by atoms with Crippen LogP contribution in [0.25, 0.3) is 6.08 Å². The zero-order valence-corrected chi connectivity index (χ0v) is 17.4. The molecule has 1 heterocycles. The minimum Gasteiger partial charge on any atom is -0.493 e. The van der Waals surface area contributed by atoms with E-state index in [1.165, 1.54) is 12.7 Å². The molecule has 2 N–H and O–H groups in total. The Hall–Kier alpha value is -3.61. The van der Waals surface area contributed by atoms with Crippen molar-refractivity contribution in [1.29, 1.82) is 0 Å². The standard InChI is InChI=1S/C23H24N2O5/c1-23(2,3)16-8-6-15(7-9-16)21-25-17(22(27)30-21)11-14-5-10-18(19(12-14)28-4)29-13-20(24)26/h5-12H,13H2,1-4H3,(H2,24,26)/b17-11-. The van der Waals surface area contributed by atoms with Crippen LogP contribution in [0, 0.1) is 0 Å². The van der Waals surface area contributed by atoms with E-state index in [9.17, 15) is 9.59 Å². The first-order valence-electron chi connectivity index (χ1n) is 9.40. The highest BCUT2D eigenvalue weighted by Gasteiger charge is 2.25. The second kappa shape index (κ2) is 8.41. The van der Waals surface area contributed by atoms with E-state index in [-0.39, 0.29) is 23.6 Å². The highest BCUT2D eigenvalue weighted by atomic mass is 16.6. The van der Waals surface area contributed by atoms with E-state index in [1.54, 1.807) is 24.3 Å². The summed E-state index contributed by atoms with van der Waals surface area (Å²) < 4.78 is 15.9. The molecule has 0 atom stereocenters. The number of carbonyl (C=O) groups is 2. The van der Waals surface area contributed by atoms with Gasteiger partial charge in [0.05, 0.1) is 7.11 Å². The molecular weight excluding hydrogens is 384 g/mol. The van der Waals surface area contributed by atoms with Crippen LogP contribution in [0.15, 0.2) is 53.2 Å². The summed E-state index contributed by atoms with van der Waals surface area (Å²) in [6, 6.07) is 12.8. The Bertz CT molecular complexity index is 1030. The maximum Gasteiger partial charge on any atom is 0.363 e. The van der Waals surface area contributed by atoms with Crippen LogP contribution in [-0.4, -0.2) is 31.5 Å². The molecular formula is C23H24N2O5. The fraction of sp³-hybridized carbons (Fsp3) is 0.261. The van der Waals surface area contributed by atoms with Crippen molar-refractivity contribution in [2.75, 3.05) is 13.7 Å². The minimum atomic E-state index is -0.589. The molecule has 7 heteroatoms. The number of primary amides is 1. The molecule has 1 aliphatic heterocycles. The lowest BCUT2D eigenvalue weighted by molar-refractivity contribution is -0.130. The Labute approximate surface area is 175 Å². The van der Waals surface area contributed by atoms with Crippen molar-refractivity contribution in [2.24, 2.45) is 10.7 Å². The Kier molecular flexibility index (Phi) is 5.91. The molecule has 0 spiro atoms. The van der Waals surface area contributed by atoms with Gasteiger partial charge in [-0.2, -0.15) is 0 Å². The Morgan fingerprint density at radius 1 is 1.13 bits per heavy atom. The largest absolute Gasteiger partial charge is 0.493 e.